The van der Waals surface area contributed by atoms with Crippen LogP contribution in [0.1, 0.15) is 24.8 Å². The van der Waals surface area contributed by atoms with Gasteiger partial charge in [0.2, 0.25) is 0 Å². The van der Waals surface area contributed by atoms with Crippen molar-refractivity contribution in [1.82, 2.24) is 4.90 Å². The molecule has 0 fully saturated rings. The van der Waals surface area contributed by atoms with Gasteiger partial charge in [-0.25, -0.2) is 4.79 Å². The first-order valence-electron chi connectivity index (χ1n) is 5.14. The van der Waals surface area contributed by atoms with Gasteiger partial charge in [0.15, 0.2) is 0 Å². The molecule has 4 heteroatoms. The third kappa shape index (κ3) is 3.79. The zero-order valence-electron chi connectivity index (χ0n) is 9.80. The third-order valence-corrected chi connectivity index (χ3v) is 3.53. The Hall–Kier alpha value is -1.13. The second-order valence-electron chi connectivity index (χ2n) is 3.94. The van der Waals surface area contributed by atoms with Crippen LogP contribution in [0.15, 0.2) is 29.2 Å². The average Bonchev–Trinajstić information content (AvgIpc) is 2.67. The zero-order chi connectivity index (χ0) is 12.1. The van der Waals surface area contributed by atoms with Crippen molar-refractivity contribution in [1.29, 1.82) is 0 Å². The first kappa shape index (κ1) is 12.9. The highest BCUT2D eigenvalue weighted by molar-refractivity contribution is 7.10. The maximum atomic E-state index is 10.5. The molecule has 88 valence electrons. The molecule has 0 bridgehead atoms. The Morgan fingerprint density at radius 2 is 2.38 bits per heavy atom. The van der Waals surface area contributed by atoms with E-state index in [1.54, 1.807) is 11.3 Å². The molecule has 0 aromatic carbocycles. The molecule has 0 amide bonds. The van der Waals surface area contributed by atoms with Gasteiger partial charge in [0.05, 0.1) is 0 Å². The van der Waals surface area contributed by atoms with E-state index in [4.69, 9.17) is 5.11 Å². The number of likely N-dealkylation sites (N-methyl/N-ethyl adjacent to an activating group) is 1. The van der Waals surface area contributed by atoms with E-state index in [0.29, 0.717) is 12.6 Å². The Kier molecular flexibility index (Phi) is 4.71. The minimum Gasteiger partial charge on any atom is -0.478 e. The van der Waals surface area contributed by atoms with Crippen molar-refractivity contribution in [3.05, 3.63) is 34.0 Å². The number of thiophene rings is 1. The van der Waals surface area contributed by atoms with Crippen LogP contribution in [0.5, 0.6) is 0 Å². The van der Waals surface area contributed by atoms with Crippen molar-refractivity contribution in [3.63, 3.8) is 0 Å². The molecule has 1 aromatic rings. The fourth-order valence-corrected chi connectivity index (χ4v) is 2.38. The van der Waals surface area contributed by atoms with Crippen molar-refractivity contribution in [3.8, 4) is 0 Å². The molecular weight excluding hydrogens is 222 g/mol. The Balaban J connectivity index is 2.59. The van der Waals surface area contributed by atoms with Gasteiger partial charge in [-0.15, -0.1) is 11.3 Å². The van der Waals surface area contributed by atoms with E-state index < -0.39 is 5.97 Å². The lowest BCUT2D eigenvalue weighted by Gasteiger charge is -2.23. The van der Waals surface area contributed by atoms with Crippen molar-refractivity contribution in [2.75, 3.05) is 13.6 Å². The predicted molar refractivity (Wildman–Crippen MR) is 66.8 cm³/mol. The number of hydrogen-bond donors (Lipinski definition) is 1. The fourth-order valence-electron chi connectivity index (χ4n) is 1.53. The zero-order valence-corrected chi connectivity index (χ0v) is 10.6. The highest BCUT2D eigenvalue weighted by atomic mass is 32.1. The van der Waals surface area contributed by atoms with Crippen LogP contribution >= 0.6 is 11.3 Å². The van der Waals surface area contributed by atoms with Gasteiger partial charge < -0.3 is 5.11 Å². The maximum Gasteiger partial charge on any atom is 0.328 e. The van der Waals surface area contributed by atoms with E-state index >= 15 is 0 Å². The van der Waals surface area contributed by atoms with Gasteiger partial charge in [-0.05, 0) is 32.3 Å². The lowest BCUT2D eigenvalue weighted by Crippen LogP contribution is -2.23. The number of aliphatic carboxylic acids is 1. The van der Waals surface area contributed by atoms with Crippen LogP contribution in [0.3, 0.4) is 0 Å². The maximum absolute atomic E-state index is 10.5. The van der Waals surface area contributed by atoms with Crippen molar-refractivity contribution >= 4 is 17.3 Å². The van der Waals surface area contributed by atoms with Crippen LogP contribution in [0.25, 0.3) is 0 Å². The molecule has 0 radical (unpaired) electrons. The summed E-state index contributed by atoms with van der Waals surface area (Å²) in [4.78, 5) is 13.9. The van der Waals surface area contributed by atoms with Gasteiger partial charge in [0, 0.05) is 23.5 Å². The van der Waals surface area contributed by atoms with Crippen molar-refractivity contribution in [2.24, 2.45) is 0 Å². The van der Waals surface area contributed by atoms with Crippen molar-refractivity contribution < 1.29 is 9.90 Å². The summed E-state index contributed by atoms with van der Waals surface area (Å²) in [7, 11) is 2.00. The monoisotopic (exact) mass is 239 g/mol. The molecular formula is C12H17NO2S. The van der Waals surface area contributed by atoms with E-state index in [-0.39, 0.29) is 0 Å². The number of hydrogen-bond acceptors (Lipinski definition) is 3. The van der Waals surface area contributed by atoms with Gasteiger partial charge in [0.1, 0.15) is 0 Å². The minimum absolute atomic E-state index is 0.317. The van der Waals surface area contributed by atoms with Crippen LogP contribution in [0.2, 0.25) is 0 Å². The largest absolute Gasteiger partial charge is 0.478 e. The Bertz CT molecular complexity index is 370. The standard InChI is InChI=1S/C12H17NO2S/c1-9(7-12(14)15)8-13(3)10(2)11-5-4-6-16-11/h4-7,10H,8H2,1-3H3,(H,14,15). The van der Waals surface area contributed by atoms with E-state index in [1.165, 1.54) is 11.0 Å². The highest BCUT2D eigenvalue weighted by Crippen LogP contribution is 2.23. The van der Waals surface area contributed by atoms with E-state index in [0.717, 1.165) is 5.57 Å². The summed E-state index contributed by atoms with van der Waals surface area (Å²) in [5.41, 5.74) is 0.860. The molecule has 0 aliphatic carbocycles. The van der Waals surface area contributed by atoms with Crippen LogP contribution < -0.4 is 0 Å². The normalized spacial score (nSPS) is 14.1. The molecule has 0 aliphatic rings. The molecule has 1 rings (SSSR count). The van der Waals surface area contributed by atoms with Gasteiger partial charge >= 0.3 is 5.97 Å². The third-order valence-electron chi connectivity index (χ3n) is 2.48. The number of carboxylic acid groups (broad SMARTS) is 1. The Labute approximate surface area is 100 Å². The van der Waals surface area contributed by atoms with Crippen LogP contribution in [-0.2, 0) is 4.79 Å². The van der Waals surface area contributed by atoms with Crippen LogP contribution in [0.4, 0.5) is 0 Å². The van der Waals surface area contributed by atoms with E-state index in [2.05, 4.69) is 23.3 Å². The van der Waals surface area contributed by atoms with Crippen LogP contribution in [0, 0.1) is 0 Å². The fraction of sp³-hybridized carbons (Fsp3) is 0.417. The van der Waals surface area contributed by atoms with E-state index in [9.17, 15) is 4.79 Å². The quantitative estimate of drug-likeness (QED) is 0.803. The lowest BCUT2D eigenvalue weighted by atomic mass is 10.2. The summed E-state index contributed by atoms with van der Waals surface area (Å²) >= 11 is 1.72. The number of rotatable bonds is 5. The second-order valence-corrected chi connectivity index (χ2v) is 4.91. The molecule has 16 heavy (non-hydrogen) atoms. The molecule has 1 unspecified atom stereocenters. The molecule has 1 aromatic heterocycles. The first-order chi connectivity index (χ1) is 7.50. The summed E-state index contributed by atoms with van der Waals surface area (Å²) in [6.07, 6.45) is 1.26. The first-order valence-corrected chi connectivity index (χ1v) is 6.02. The molecule has 1 heterocycles. The molecule has 0 aliphatic heterocycles. The lowest BCUT2D eigenvalue weighted by molar-refractivity contribution is -0.131. The summed E-state index contributed by atoms with van der Waals surface area (Å²) in [5, 5.41) is 10.7. The minimum atomic E-state index is -0.880. The summed E-state index contributed by atoms with van der Waals surface area (Å²) < 4.78 is 0. The van der Waals surface area contributed by atoms with Gasteiger partial charge in [-0.2, -0.15) is 0 Å². The summed E-state index contributed by atoms with van der Waals surface area (Å²) in [6, 6.07) is 4.45. The summed E-state index contributed by atoms with van der Waals surface area (Å²) in [5.74, 6) is -0.880. The smallest absolute Gasteiger partial charge is 0.328 e. The van der Waals surface area contributed by atoms with E-state index in [1.807, 2.05) is 20.0 Å². The highest BCUT2D eigenvalue weighted by Gasteiger charge is 2.12. The van der Waals surface area contributed by atoms with Crippen molar-refractivity contribution in [2.45, 2.75) is 19.9 Å². The SMILES string of the molecule is CC(=CC(=O)O)CN(C)C(C)c1cccs1. The topological polar surface area (TPSA) is 40.5 Å². The molecule has 3 nitrogen and oxygen atoms in total. The van der Waals surface area contributed by atoms with Crippen LogP contribution in [-0.4, -0.2) is 29.6 Å². The number of carboxylic acids is 1. The van der Waals surface area contributed by atoms with Gasteiger partial charge in [-0.3, -0.25) is 4.90 Å². The van der Waals surface area contributed by atoms with Gasteiger partial charge in [-0.1, -0.05) is 11.6 Å². The average molecular weight is 239 g/mol. The summed E-state index contributed by atoms with van der Waals surface area (Å²) in [6.45, 7) is 4.64. The van der Waals surface area contributed by atoms with Gasteiger partial charge in [0.25, 0.3) is 0 Å². The molecule has 1 N–H and O–H groups in total. The molecule has 1 atom stereocenters. The Morgan fingerprint density at radius 1 is 1.69 bits per heavy atom. The number of nitrogens with zero attached hydrogens (tertiary/aromatic N) is 1. The predicted octanol–water partition coefficient (Wildman–Crippen LogP) is 2.77. The molecule has 0 spiro atoms. The number of carbonyl (C=O) groups is 1. The molecule has 0 saturated carbocycles. The Morgan fingerprint density at radius 3 is 2.88 bits per heavy atom. The molecule has 0 saturated heterocycles. The second kappa shape index (κ2) is 5.82.